The highest BCUT2D eigenvalue weighted by Crippen LogP contribution is 2.13. The van der Waals surface area contributed by atoms with Gasteiger partial charge in [0.05, 0.1) is 0 Å². The van der Waals surface area contributed by atoms with Crippen molar-refractivity contribution in [2.45, 2.75) is 40.0 Å². The molecule has 0 unspecified atom stereocenters. The summed E-state index contributed by atoms with van der Waals surface area (Å²) >= 11 is 0. The second kappa shape index (κ2) is 5.32. The summed E-state index contributed by atoms with van der Waals surface area (Å²) in [4.78, 5) is 0. The van der Waals surface area contributed by atoms with Crippen molar-refractivity contribution in [3.05, 3.63) is 17.9 Å². The molecule has 0 aliphatic heterocycles. The van der Waals surface area contributed by atoms with Crippen molar-refractivity contribution >= 4 is 0 Å². The van der Waals surface area contributed by atoms with Crippen LogP contribution in [-0.2, 0) is 0 Å². The molecule has 0 rings (SSSR count). The minimum atomic E-state index is 0.746. The van der Waals surface area contributed by atoms with Crippen molar-refractivity contribution in [3.8, 4) is 0 Å². The smallest absolute Gasteiger partial charge is 0.0221 e. The van der Waals surface area contributed by atoms with E-state index in [4.69, 9.17) is 0 Å². The minimum Gasteiger partial charge on any atom is -0.130 e. The molecule has 0 aliphatic carbocycles. The van der Waals surface area contributed by atoms with Crippen LogP contribution in [0.3, 0.4) is 0 Å². The first kappa shape index (κ1) is 9.52. The fourth-order valence-corrected chi connectivity index (χ4v) is 1.06. The Hall–Kier alpha value is -0.480. The Bertz CT molecular complexity index is 125. The topological polar surface area (TPSA) is 0 Å². The molecule has 0 radical (unpaired) electrons. The van der Waals surface area contributed by atoms with E-state index in [1.807, 2.05) is 0 Å². The van der Waals surface area contributed by atoms with Gasteiger partial charge in [0.15, 0.2) is 0 Å². The maximum absolute atomic E-state index is 3.67. The van der Waals surface area contributed by atoms with Crippen LogP contribution in [0.15, 0.2) is 17.9 Å². The molecule has 0 aromatic rings. The molecule has 0 heteroatoms. The third-order valence-electron chi connectivity index (χ3n) is 1.46. The summed E-state index contributed by atoms with van der Waals surface area (Å²) in [6.45, 7) is 10.3. The minimum absolute atomic E-state index is 0.746. The molecule has 0 aliphatic rings. The molecule has 0 saturated heterocycles. The molecule has 0 aromatic heterocycles. The summed E-state index contributed by atoms with van der Waals surface area (Å²) < 4.78 is 0. The van der Waals surface area contributed by atoms with E-state index < -0.39 is 0 Å². The Balaban J connectivity index is 3.74. The van der Waals surface area contributed by atoms with Crippen LogP contribution in [-0.4, -0.2) is 0 Å². The van der Waals surface area contributed by atoms with Crippen molar-refractivity contribution in [2.75, 3.05) is 0 Å². The second-order valence-electron chi connectivity index (χ2n) is 3.13. The van der Waals surface area contributed by atoms with Crippen molar-refractivity contribution < 1.29 is 0 Å². The third kappa shape index (κ3) is 4.40. The largest absolute Gasteiger partial charge is 0.130 e. The zero-order valence-electron chi connectivity index (χ0n) is 7.41. The highest BCUT2D eigenvalue weighted by Gasteiger charge is 1.97. The van der Waals surface area contributed by atoms with Crippen LogP contribution < -0.4 is 0 Å². The highest BCUT2D eigenvalue weighted by molar-refractivity contribution is 4.99. The van der Waals surface area contributed by atoms with Gasteiger partial charge in [0.2, 0.25) is 0 Å². The molecule has 0 bridgehead atoms. The second-order valence-corrected chi connectivity index (χ2v) is 3.13. The van der Waals surface area contributed by atoms with Gasteiger partial charge in [-0.15, -0.1) is 5.73 Å². The molecule has 0 amide bonds. The van der Waals surface area contributed by atoms with Crippen LogP contribution >= 0.6 is 0 Å². The standard InChI is InChI=1S/C10H18/c1-5-7-10(6-2)8-9(3)4/h9H,2,5,7-8H2,1,3-4H3. The Morgan fingerprint density at radius 3 is 2.40 bits per heavy atom. The fraction of sp³-hybridized carbons (Fsp3) is 0.700. The summed E-state index contributed by atoms with van der Waals surface area (Å²) in [7, 11) is 0. The van der Waals surface area contributed by atoms with Gasteiger partial charge in [-0.25, -0.2) is 0 Å². The van der Waals surface area contributed by atoms with Crippen LogP contribution in [0.5, 0.6) is 0 Å². The molecule has 0 nitrogen and oxygen atoms in total. The lowest BCUT2D eigenvalue weighted by atomic mass is 10.0. The normalized spacial score (nSPS) is 9.60. The van der Waals surface area contributed by atoms with E-state index in [0.29, 0.717) is 0 Å². The summed E-state index contributed by atoms with van der Waals surface area (Å²) in [5.41, 5.74) is 4.39. The summed E-state index contributed by atoms with van der Waals surface area (Å²) in [6, 6.07) is 0. The van der Waals surface area contributed by atoms with E-state index >= 15 is 0 Å². The molecule has 0 N–H and O–H groups in total. The molecule has 0 atom stereocenters. The summed E-state index contributed by atoms with van der Waals surface area (Å²) in [5.74, 6) is 0.746. The Kier molecular flexibility index (Phi) is 5.06. The lowest BCUT2D eigenvalue weighted by Gasteiger charge is -2.05. The molecular weight excluding hydrogens is 120 g/mol. The Labute approximate surface area is 64.6 Å². The number of hydrogen-bond acceptors (Lipinski definition) is 0. The van der Waals surface area contributed by atoms with Crippen LogP contribution in [0.1, 0.15) is 40.0 Å². The van der Waals surface area contributed by atoms with Crippen LogP contribution in [0.4, 0.5) is 0 Å². The van der Waals surface area contributed by atoms with Gasteiger partial charge in [0.1, 0.15) is 0 Å². The van der Waals surface area contributed by atoms with Gasteiger partial charge in [0, 0.05) is 0 Å². The first-order valence-electron chi connectivity index (χ1n) is 4.08. The monoisotopic (exact) mass is 138 g/mol. The maximum atomic E-state index is 3.67. The first-order chi connectivity index (χ1) is 4.70. The van der Waals surface area contributed by atoms with Gasteiger partial charge in [-0.05, 0) is 24.3 Å². The molecule has 0 spiro atoms. The predicted molar refractivity (Wildman–Crippen MR) is 47.0 cm³/mol. The Morgan fingerprint density at radius 1 is 1.50 bits per heavy atom. The molecule has 0 heterocycles. The fourth-order valence-electron chi connectivity index (χ4n) is 1.06. The zero-order chi connectivity index (χ0) is 7.98. The summed E-state index contributed by atoms with van der Waals surface area (Å²) in [6.07, 6.45) is 3.55. The molecule has 58 valence electrons. The molecule has 0 fully saturated rings. The highest BCUT2D eigenvalue weighted by atomic mass is 14.0. The van der Waals surface area contributed by atoms with Gasteiger partial charge in [-0.3, -0.25) is 0 Å². The molecule has 0 aromatic carbocycles. The van der Waals surface area contributed by atoms with Crippen molar-refractivity contribution in [3.63, 3.8) is 0 Å². The van der Waals surface area contributed by atoms with Crippen molar-refractivity contribution in [1.82, 2.24) is 0 Å². The lowest BCUT2D eigenvalue weighted by Crippen LogP contribution is -1.89. The zero-order valence-corrected chi connectivity index (χ0v) is 7.41. The van der Waals surface area contributed by atoms with E-state index in [2.05, 4.69) is 33.1 Å². The SMILES string of the molecule is C=C=C(CCC)CC(C)C. The molecule has 0 saturated carbocycles. The van der Waals surface area contributed by atoms with Gasteiger partial charge in [-0.2, -0.15) is 0 Å². The van der Waals surface area contributed by atoms with Gasteiger partial charge >= 0.3 is 0 Å². The van der Waals surface area contributed by atoms with Crippen LogP contribution in [0.2, 0.25) is 0 Å². The van der Waals surface area contributed by atoms with E-state index in [-0.39, 0.29) is 0 Å². The first-order valence-corrected chi connectivity index (χ1v) is 4.08. The number of hydrogen-bond donors (Lipinski definition) is 0. The van der Waals surface area contributed by atoms with E-state index in [0.717, 1.165) is 12.3 Å². The average Bonchev–Trinajstić information content (AvgIpc) is 1.86. The number of allylic oxidation sites excluding steroid dienone is 1. The van der Waals surface area contributed by atoms with Crippen LogP contribution in [0.25, 0.3) is 0 Å². The lowest BCUT2D eigenvalue weighted by molar-refractivity contribution is 0.622. The maximum Gasteiger partial charge on any atom is -0.0221 e. The van der Waals surface area contributed by atoms with E-state index in [9.17, 15) is 0 Å². The van der Waals surface area contributed by atoms with Crippen molar-refractivity contribution in [1.29, 1.82) is 0 Å². The molecular formula is C10H18. The number of rotatable bonds is 4. The summed E-state index contributed by atoms with van der Waals surface area (Å²) in [5, 5.41) is 0. The van der Waals surface area contributed by atoms with Crippen molar-refractivity contribution in [2.24, 2.45) is 5.92 Å². The third-order valence-corrected chi connectivity index (χ3v) is 1.46. The molecule has 10 heavy (non-hydrogen) atoms. The van der Waals surface area contributed by atoms with Crippen LogP contribution in [0, 0.1) is 5.92 Å². The van der Waals surface area contributed by atoms with Gasteiger partial charge in [-0.1, -0.05) is 33.8 Å². The van der Waals surface area contributed by atoms with Gasteiger partial charge in [0.25, 0.3) is 0 Å². The average molecular weight is 138 g/mol. The predicted octanol–water partition coefficient (Wildman–Crippen LogP) is 3.54. The van der Waals surface area contributed by atoms with E-state index in [1.54, 1.807) is 0 Å². The Morgan fingerprint density at radius 2 is 2.10 bits per heavy atom. The van der Waals surface area contributed by atoms with Gasteiger partial charge < -0.3 is 0 Å². The quantitative estimate of drug-likeness (QED) is 0.521. The van der Waals surface area contributed by atoms with E-state index in [1.165, 1.54) is 18.4 Å².